The summed E-state index contributed by atoms with van der Waals surface area (Å²) in [6.07, 6.45) is 1.63. The summed E-state index contributed by atoms with van der Waals surface area (Å²) in [4.78, 5) is 4.16. The van der Waals surface area contributed by atoms with E-state index in [0.29, 0.717) is 11.4 Å². The molecule has 0 unspecified atom stereocenters. The maximum Gasteiger partial charge on any atom is 0.230 e. The predicted molar refractivity (Wildman–Crippen MR) is 83.2 cm³/mol. The summed E-state index contributed by atoms with van der Waals surface area (Å²) in [5.74, 6) is 1.10. The number of aryl methyl sites for hydroxylation is 2. The second-order valence-corrected chi connectivity index (χ2v) is 4.53. The van der Waals surface area contributed by atoms with E-state index < -0.39 is 0 Å². The van der Waals surface area contributed by atoms with Gasteiger partial charge in [-0.2, -0.15) is 0 Å². The first kappa shape index (κ1) is 16.0. The Kier molecular flexibility index (Phi) is 5.11. The van der Waals surface area contributed by atoms with Crippen LogP contribution in [-0.2, 0) is 0 Å². The lowest BCUT2D eigenvalue weighted by molar-refractivity contribution is 0.454. The lowest BCUT2D eigenvalue weighted by atomic mass is 10.1. The van der Waals surface area contributed by atoms with E-state index in [0.717, 1.165) is 22.4 Å². The molecule has 1 aromatic carbocycles. The van der Waals surface area contributed by atoms with Crippen molar-refractivity contribution in [3.63, 3.8) is 0 Å². The van der Waals surface area contributed by atoms with Crippen LogP contribution in [0.15, 0.2) is 30.5 Å². The van der Waals surface area contributed by atoms with Crippen LogP contribution < -0.4 is 10.5 Å². The number of hydrogen-bond acceptors (Lipinski definition) is 3. The van der Waals surface area contributed by atoms with Gasteiger partial charge in [-0.1, -0.05) is 12.1 Å². The van der Waals surface area contributed by atoms with E-state index in [1.165, 1.54) is 0 Å². The second kappa shape index (κ2) is 6.39. The molecule has 1 aromatic heterocycles. The number of aromatic nitrogens is 1. The zero-order chi connectivity index (χ0) is 14.0. The van der Waals surface area contributed by atoms with Gasteiger partial charge in [-0.05, 0) is 49.6 Å². The highest BCUT2D eigenvalue weighted by atomic mass is 35.5. The molecule has 0 fully saturated rings. The first-order valence-corrected chi connectivity index (χ1v) is 6.04. The number of halogens is 1. The Morgan fingerprint density at radius 3 is 2.45 bits per heavy atom. The molecule has 1 heterocycles. The average Bonchev–Trinajstić information content (AvgIpc) is 2.39. The van der Waals surface area contributed by atoms with Crippen molar-refractivity contribution in [3.8, 4) is 11.6 Å². The van der Waals surface area contributed by atoms with Crippen LogP contribution in [-0.4, -0.2) is 10.8 Å². The van der Waals surface area contributed by atoms with E-state index in [4.69, 9.17) is 15.9 Å². The summed E-state index contributed by atoms with van der Waals surface area (Å²) in [6.45, 7) is 6.03. The van der Waals surface area contributed by atoms with Crippen molar-refractivity contribution in [1.82, 2.24) is 4.98 Å². The number of amidine groups is 1. The lowest BCUT2D eigenvalue weighted by Crippen LogP contribution is -2.13. The Morgan fingerprint density at radius 1 is 1.15 bits per heavy atom. The van der Waals surface area contributed by atoms with Gasteiger partial charge in [0.15, 0.2) is 0 Å². The average molecular weight is 292 g/mol. The van der Waals surface area contributed by atoms with Gasteiger partial charge in [-0.3, -0.25) is 5.41 Å². The van der Waals surface area contributed by atoms with Crippen LogP contribution in [0.3, 0.4) is 0 Å². The largest absolute Gasteiger partial charge is 0.438 e. The Balaban J connectivity index is 0.00000200. The van der Waals surface area contributed by atoms with E-state index in [2.05, 4.69) is 11.1 Å². The number of ether oxygens (including phenoxy) is 1. The van der Waals surface area contributed by atoms with Crippen molar-refractivity contribution in [2.24, 2.45) is 5.73 Å². The number of nitrogens with two attached hydrogens (primary N) is 1. The number of benzene rings is 1. The van der Waals surface area contributed by atoms with Crippen LogP contribution in [0, 0.1) is 26.2 Å². The number of nitrogen functional groups attached to an aromatic ring is 1. The van der Waals surface area contributed by atoms with Crippen LogP contribution >= 0.6 is 12.4 Å². The van der Waals surface area contributed by atoms with Crippen LogP contribution in [0.1, 0.15) is 22.3 Å². The number of pyridine rings is 1. The maximum atomic E-state index is 7.55. The zero-order valence-electron chi connectivity index (χ0n) is 11.7. The van der Waals surface area contributed by atoms with Gasteiger partial charge < -0.3 is 10.5 Å². The predicted octanol–water partition coefficient (Wildman–Crippen LogP) is 3.51. The Labute approximate surface area is 124 Å². The van der Waals surface area contributed by atoms with Gasteiger partial charge in [0.2, 0.25) is 5.88 Å². The van der Waals surface area contributed by atoms with Crippen LogP contribution in [0.5, 0.6) is 11.6 Å². The summed E-state index contributed by atoms with van der Waals surface area (Å²) in [5, 5.41) is 7.55. The fourth-order valence-electron chi connectivity index (χ4n) is 1.86. The first-order valence-electron chi connectivity index (χ1n) is 6.04. The van der Waals surface area contributed by atoms with Gasteiger partial charge in [0.05, 0.1) is 5.56 Å². The van der Waals surface area contributed by atoms with E-state index in [9.17, 15) is 0 Å². The van der Waals surface area contributed by atoms with Gasteiger partial charge >= 0.3 is 0 Å². The Bertz CT molecular complexity index is 641. The van der Waals surface area contributed by atoms with E-state index in [-0.39, 0.29) is 18.2 Å². The van der Waals surface area contributed by atoms with Crippen molar-refractivity contribution in [2.75, 3.05) is 0 Å². The molecular formula is C15H18ClN3O. The molecule has 0 aliphatic carbocycles. The van der Waals surface area contributed by atoms with Crippen LogP contribution in [0.2, 0.25) is 0 Å². The molecule has 0 saturated heterocycles. The van der Waals surface area contributed by atoms with Gasteiger partial charge in [0.1, 0.15) is 11.6 Å². The first-order chi connectivity index (χ1) is 9.00. The minimum Gasteiger partial charge on any atom is -0.438 e. The molecule has 5 heteroatoms. The standard InChI is InChI=1S/C15H17N3O.ClH/c1-9-6-7-10(2)13(11(9)3)19-15-12(14(16)17)5-4-8-18-15;/h4-8H,1-3H3,(H3,16,17);1H. The molecule has 2 rings (SSSR count). The van der Waals surface area contributed by atoms with Gasteiger partial charge in [-0.15, -0.1) is 12.4 Å². The van der Waals surface area contributed by atoms with Crippen LogP contribution in [0.4, 0.5) is 0 Å². The van der Waals surface area contributed by atoms with Gasteiger partial charge in [0.25, 0.3) is 0 Å². The second-order valence-electron chi connectivity index (χ2n) is 4.53. The Hall–Kier alpha value is -2.07. The van der Waals surface area contributed by atoms with E-state index >= 15 is 0 Å². The molecule has 0 spiro atoms. The van der Waals surface area contributed by atoms with Gasteiger partial charge in [-0.25, -0.2) is 4.98 Å². The number of rotatable bonds is 3. The molecule has 0 amide bonds. The lowest BCUT2D eigenvalue weighted by Gasteiger charge is -2.14. The molecule has 20 heavy (non-hydrogen) atoms. The summed E-state index contributed by atoms with van der Waals surface area (Å²) in [7, 11) is 0. The molecule has 0 aliphatic rings. The van der Waals surface area contributed by atoms with Crippen molar-refractivity contribution in [3.05, 3.63) is 52.7 Å². The quantitative estimate of drug-likeness (QED) is 0.671. The third-order valence-electron chi connectivity index (χ3n) is 3.13. The van der Waals surface area contributed by atoms with Crippen molar-refractivity contribution >= 4 is 18.2 Å². The smallest absolute Gasteiger partial charge is 0.230 e. The highest BCUT2D eigenvalue weighted by molar-refractivity contribution is 5.97. The molecule has 4 nitrogen and oxygen atoms in total. The minimum absolute atomic E-state index is 0. The normalized spacial score (nSPS) is 9.75. The fourth-order valence-corrected chi connectivity index (χ4v) is 1.86. The van der Waals surface area contributed by atoms with Crippen molar-refractivity contribution < 1.29 is 4.74 Å². The zero-order valence-corrected chi connectivity index (χ0v) is 12.5. The maximum absolute atomic E-state index is 7.55. The summed E-state index contributed by atoms with van der Waals surface area (Å²) in [5.41, 5.74) is 9.29. The molecule has 0 atom stereocenters. The number of hydrogen-bond donors (Lipinski definition) is 2. The molecule has 106 valence electrons. The fraction of sp³-hybridized carbons (Fsp3) is 0.200. The monoisotopic (exact) mass is 291 g/mol. The summed E-state index contributed by atoms with van der Waals surface area (Å²) in [6, 6.07) is 7.53. The van der Waals surface area contributed by atoms with E-state index in [1.807, 2.05) is 26.8 Å². The SMILES string of the molecule is Cc1ccc(C)c(Oc2ncccc2C(=N)N)c1C.Cl. The Morgan fingerprint density at radius 2 is 1.80 bits per heavy atom. The van der Waals surface area contributed by atoms with E-state index in [1.54, 1.807) is 18.3 Å². The molecule has 0 bridgehead atoms. The molecular weight excluding hydrogens is 274 g/mol. The molecule has 0 radical (unpaired) electrons. The summed E-state index contributed by atoms with van der Waals surface area (Å²) >= 11 is 0. The molecule has 3 N–H and O–H groups in total. The van der Waals surface area contributed by atoms with Gasteiger partial charge in [0, 0.05) is 6.20 Å². The molecule has 0 aliphatic heterocycles. The van der Waals surface area contributed by atoms with Crippen LogP contribution in [0.25, 0.3) is 0 Å². The summed E-state index contributed by atoms with van der Waals surface area (Å²) < 4.78 is 5.88. The van der Waals surface area contributed by atoms with Crippen molar-refractivity contribution in [1.29, 1.82) is 5.41 Å². The topological polar surface area (TPSA) is 72.0 Å². The number of nitrogens with one attached hydrogen (secondary N) is 1. The number of nitrogens with zero attached hydrogens (tertiary/aromatic N) is 1. The van der Waals surface area contributed by atoms with Crippen molar-refractivity contribution in [2.45, 2.75) is 20.8 Å². The highest BCUT2D eigenvalue weighted by Gasteiger charge is 2.12. The third-order valence-corrected chi connectivity index (χ3v) is 3.13. The molecule has 0 saturated carbocycles. The molecule has 2 aromatic rings. The highest BCUT2D eigenvalue weighted by Crippen LogP contribution is 2.30. The minimum atomic E-state index is -0.0499. The third kappa shape index (κ3) is 3.08.